The van der Waals surface area contributed by atoms with Crippen LogP contribution in [0.1, 0.15) is 13.8 Å². The molecule has 1 amide bonds. The average Bonchev–Trinajstić information content (AvgIpc) is 2.30. The van der Waals surface area contributed by atoms with Gasteiger partial charge in [0.2, 0.25) is 15.9 Å². The molecule has 1 aromatic carbocycles. The fourth-order valence-electron chi connectivity index (χ4n) is 1.73. The zero-order chi connectivity index (χ0) is 13.3. The number of rotatable bonds is 3. The van der Waals surface area contributed by atoms with E-state index < -0.39 is 10.0 Å². The van der Waals surface area contributed by atoms with Crippen LogP contribution < -0.4 is 15.4 Å². The Kier molecular flexibility index (Phi) is 3.27. The minimum atomic E-state index is -3.50. The first kappa shape index (κ1) is 12.8. The van der Waals surface area contributed by atoms with Crippen LogP contribution in [0.4, 0.5) is 11.4 Å². The van der Waals surface area contributed by atoms with Crippen molar-refractivity contribution in [1.82, 2.24) is 4.72 Å². The predicted octanol–water partition coefficient (Wildman–Crippen LogP) is 0.737. The molecule has 1 heterocycles. The van der Waals surface area contributed by atoms with Gasteiger partial charge in [0, 0.05) is 6.54 Å². The molecule has 0 saturated heterocycles. The van der Waals surface area contributed by atoms with E-state index in [2.05, 4.69) is 15.4 Å². The van der Waals surface area contributed by atoms with E-state index in [0.29, 0.717) is 12.2 Å². The van der Waals surface area contributed by atoms with E-state index in [1.807, 2.05) is 0 Å². The Bertz CT molecular complexity index is 583. The first-order valence-electron chi connectivity index (χ1n) is 5.65. The number of amides is 1. The van der Waals surface area contributed by atoms with Crippen molar-refractivity contribution in [3.63, 3.8) is 0 Å². The van der Waals surface area contributed by atoms with Gasteiger partial charge >= 0.3 is 0 Å². The molecule has 98 valence electrons. The molecule has 1 aliphatic rings. The number of nitrogens with one attached hydrogen (secondary N) is 3. The maximum Gasteiger partial charge on any atom is 0.246 e. The van der Waals surface area contributed by atoms with Crippen LogP contribution in [0.2, 0.25) is 0 Å². The second-order valence-electron chi connectivity index (χ2n) is 4.06. The van der Waals surface area contributed by atoms with Gasteiger partial charge in [-0.2, -0.15) is 0 Å². The molecule has 0 aromatic heterocycles. The molecule has 0 aliphatic carbocycles. The van der Waals surface area contributed by atoms with Crippen molar-refractivity contribution in [2.75, 3.05) is 17.2 Å². The summed E-state index contributed by atoms with van der Waals surface area (Å²) in [5.74, 6) is -0.180. The highest BCUT2D eigenvalue weighted by Crippen LogP contribution is 2.29. The third kappa shape index (κ3) is 2.32. The summed E-state index contributed by atoms with van der Waals surface area (Å²) in [4.78, 5) is 11.6. The van der Waals surface area contributed by atoms with Crippen molar-refractivity contribution in [2.45, 2.75) is 24.8 Å². The van der Waals surface area contributed by atoms with Crippen LogP contribution >= 0.6 is 0 Å². The normalized spacial score (nSPS) is 18.8. The van der Waals surface area contributed by atoms with Gasteiger partial charge in [-0.25, -0.2) is 13.1 Å². The van der Waals surface area contributed by atoms with Gasteiger partial charge < -0.3 is 10.6 Å². The molecule has 1 atom stereocenters. The summed E-state index contributed by atoms with van der Waals surface area (Å²) in [5, 5.41) is 5.66. The van der Waals surface area contributed by atoms with Gasteiger partial charge in [0.05, 0.1) is 16.3 Å². The van der Waals surface area contributed by atoms with E-state index in [0.717, 1.165) is 5.69 Å². The lowest BCUT2D eigenvalue weighted by molar-refractivity contribution is -0.116. The molecule has 1 unspecified atom stereocenters. The van der Waals surface area contributed by atoms with Gasteiger partial charge in [-0.3, -0.25) is 4.79 Å². The Morgan fingerprint density at radius 3 is 2.72 bits per heavy atom. The fraction of sp³-hybridized carbons (Fsp3) is 0.364. The van der Waals surface area contributed by atoms with Gasteiger partial charge in [-0.05, 0) is 25.1 Å². The molecular weight excluding hydrogens is 254 g/mol. The molecule has 2 rings (SSSR count). The van der Waals surface area contributed by atoms with Gasteiger partial charge in [0.1, 0.15) is 6.04 Å². The van der Waals surface area contributed by atoms with Crippen molar-refractivity contribution >= 4 is 27.3 Å². The van der Waals surface area contributed by atoms with E-state index >= 15 is 0 Å². The number of carbonyl (C=O) groups excluding carboxylic acids is 1. The van der Waals surface area contributed by atoms with Crippen molar-refractivity contribution in [3.8, 4) is 0 Å². The minimum Gasteiger partial charge on any atom is -0.372 e. The molecule has 0 spiro atoms. The van der Waals surface area contributed by atoms with Crippen LogP contribution in [0.3, 0.4) is 0 Å². The number of anilines is 2. The summed E-state index contributed by atoms with van der Waals surface area (Å²) in [5.41, 5.74) is 1.20. The van der Waals surface area contributed by atoms with E-state index in [1.54, 1.807) is 19.9 Å². The maximum atomic E-state index is 11.8. The Balaban J connectivity index is 2.39. The summed E-state index contributed by atoms with van der Waals surface area (Å²) in [6, 6.07) is 4.28. The second-order valence-corrected chi connectivity index (χ2v) is 5.83. The minimum absolute atomic E-state index is 0.139. The van der Waals surface area contributed by atoms with Crippen LogP contribution in [-0.2, 0) is 14.8 Å². The summed E-state index contributed by atoms with van der Waals surface area (Å²) < 4.78 is 26.0. The van der Waals surface area contributed by atoms with Crippen LogP contribution in [0.25, 0.3) is 0 Å². The number of carbonyl (C=O) groups is 1. The van der Waals surface area contributed by atoms with E-state index in [1.165, 1.54) is 12.1 Å². The maximum absolute atomic E-state index is 11.8. The Morgan fingerprint density at radius 1 is 1.33 bits per heavy atom. The molecule has 0 saturated carbocycles. The third-order valence-electron chi connectivity index (χ3n) is 2.66. The lowest BCUT2D eigenvalue weighted by atomic mass is 10.1. The number of sulfonamides is 1. The molecular formula is C11H15N3O3S. The average molecular weight is 269 g/mol. The summed E-state index contributed by atoms with van der Waals surface area (Å²) in [6.07, 6.45) is 0. The topological polar surface area (TPSA) is 87.3 Å². The molecule has 1 aromatic rings. The van der Waals surface area contributed by atoms with Crippen LogP contribution in [0.5, 0.6) is 0 Å². The summed E-state index contributed by atoms with van der Waals surface area (Å²) in [7, 11) is -3.50. The van der Waals surface area contributed by atoms with Gasteiger partial charge in [-0.15, -0.1) is 0 Å². The fourth-order valence-corrected chi connectivity index (χ4v) is 2.80. The quantitative estimate of drug-likeness (QED) is 0.755. The lowest BCUT2D eigenvalue weighted by Crippen LogP contribution is -2.36. The summed E-state index contributed by atoms with van der Waals surface area (Å²) in [6.45, 7) is 3.77. The first-order valence-corrected chi connectivity index (χ1v) is 7.13. The highest BCUT2D eigenvalue weighted by atomic mass is 32.2. The smallest absolute Gasteiger partial charge is 0.246 e. The van der Waals surface area contributed by atoms with Gasteiger partial charge in [0.15, 0.2) is 0 Å². The Hall–Kier alpha value is -1.60. The van der Waals surface area contributed by atoms with Crippen molar-refractivity contribution < 1.29 is 13.2 Å². The first-order chi connectivity index (χ1) is 8.44. The van der Waals surface area contributed by atoms with Crippen LogP contribution in [0, 0.1) is 0 Å². The SMILES string of the molecule is CCNS(=O)(=O)c1ccc2c(c1)NC(=O)C(C)N2. The Morgan fingerprint density at radius 2 is 2.06 bits per heavy atom. The third-order valence-corrected chi connectivity index (χ3v) is 4.20. The molecule has 1 aliphatic heterocycles. The van der Waals surface area contributed by atoms with E-state index in [4.69, 9.17) is 0 Å². The molecule has 7 heteroatoms. The zero-order valence-electron chi connectivity index (χ0n) is 10.1. The van der Waals surface area contributed by atoms with Crippen LogP contribution in [-0.4, -0.2) is 26.9 Å². The molecule has 0 fully saturated rings. The molecule has 6 nitrogen and oxygen atoms in total. The number of hydrogen-bond donors (Lipinski definition) is 3. The van der Waals surface area contributed by atoms with Gasteiger partial charge in [0.25, 0.3) is 0 Å². The number of fused-ring (bicyclic) bond motifs is 1. The largest absolute Gasteiger partial charge is 0.372 e. The van der Waals surface area contributed by atoms with E-state index in [-0.39, 0.29) is 16.8 Å². The van der Waals surface area contributed by atoms with Crippen LogP contribution in [0.15, 0.2) is 23.1 Å². The summed E-state index contributed by atoms with van der Waals surface area (Å²) >= 11 is 0. The zero-order valence-corrected chi connectivity index (χ0v) is 11.0. The standard InChI is InChI=1S/C11H15N3O3S/c1-3-12-18(16,17)8-4-5-9-10(6-8)14-11(15)7(2)13-9/h4-7,12-13H,3H2,1-2H3,(H,14,15). The highest BCUT2D eigenvalue weighted by Gasteiger charge is 2.23. The number of benzene rings is 1. The molecule has 3 N–H and O–H groups in total. The van der Waals surface area contributed by atoms with Crippen molar-refractivity contribution in [2.24, 2.45) is 0 Å². The van der Waals surface area contributed by atoms with Crippen molar-refractivity contribution in [1.29, 1.82) is 0 Å². The van der Waals surface area contributed by atoms with Gasteiger partial charge in [-0.1, -0.05) is 6.92 Å². The predicted molar refractivity (Wildman–Crippen MR) is 69.0 cm³/mol. The Labute approximate surface area is 106 Å². The molecule has 18 heavy (non-hydrogen) atoms. The monoisotopic (exact) mass is 269 g/mol. The lowest BCUT2D eigenvalue weighted by Gasteiger charge is -2.24. The highest BCUT2D eigenvalue weighted by molar-refractivity contribution is 7.89. The molecule has 0 bridgehead atoms. The van der Waals surface area contributed by atoms with Crippen molar-refractivity contribution in [3.05, 3.63) is 18.2 Å². The number of hydrogen-bond acceptors (Lipinski definition) is 4. The molecule has 0 radical (unpaired) electrons. The van der Waals surface area contributed by atoms with E-state index in [9.17, 15) is 13.2 Å². The second kappa shape index (κ2) is 4.58.